The van der Waals surface area contributed by atoms with Crippen LogP contribution in [0.2, 0.25) is 0 Å². The van der Waals surface area contributed by atoms with Crippen molar-refractivity contribution in [2.45, 2.75) is 113 Å². The van der Waals surface area contributed by atoms with E-state index < -0.39 is 146 Å². The maximum absolute atomic E-state index is 14.4. The Morgan fingerprint density at radius 1 is 0.873 bits per heavy atom. The Morgan fingerprint density at radius 2 is 1.56 bits per heavy atom. The number of nitrogens with zero attached hydrogens (tertiary/aromatic N) is 1. The molecule has 4 heterocycles. The average molecular weight is 901 g/mol. The number of hydrogen-bond acceptors (Lipinski definition) is 13. The second-order valence-electron chi connectivity index (χ2n) is 16.2. The fraction of sp³-hybridized carbons (Fsp3) is 0.575. The Bertz CT molecular complexity index is 2100. The number of H-pyrrole nitrogens is 1. The standard InChI is InChI=1S/C40H56N10O12S/c1-5-17(2)31-37(60)43-19(4)33(56)46-26-16-63-39-22(21-8-6-7-9-23(21)47-39)11-24(34(57)42-13-30(55)48-31)44-38(61)32(18(3)28(53)15-51)49-36(59)27-10-20(52)14-50(27)40(62)25(12-29(41)54)45-35(26)58/h6-9,17-20,24-28,31-32,47,51-53H,5,10-16H2,1-4H3,(H2,41,54)(H,42,57)(H,43,60)(H,44,61)(H,45,58)(H,46,56)(H,48,55)(H,49,59)/t17-,18-,19+,20+,24-,25-,26-,27-,28-,31-,32-/m0/s1. The summed E-state index contributed by atoms with van der Waals surface area (Å²) in [6, 6.07) is -3.42. The molecule has 1 aromatic carbocycles. The van der Waals surface area contributed by atoms with E-state index in [9.17, 15) is 58.5 Å². The lowest BCUT2D eigenvalue weighted by molar-refractivity contribution is -0.144. The van der Waals surface area contributed by atoms with Crippen molar-refractivity contribution in [1.82, 2.24) is 47.1 Å². The molecule has 344 valence electrons. The van der Waals surface area contributed by atoms with Crippen LogP contribution in [0.3, 0.4) is 0 Å². The molecule has 5 rings (SSSR count). The molecular weight excluding hydrogens is 845 g/mol. The Morgan fingerprint density at radius 3 is 2.24 bits per heavy atom. The van der Waals surface area contributed by atoms with Gasteiger partial charge in [-0.15, -0.1) is 11.8 Å². The molecule has 13 N–H and O–H groups in total. The summed E-state index contributed by atoms with van der Waals surface area (Å²) in [6.07, 6.45) is -3.85. The van der Waals surface area contributed by atoms with E-state index in [-0.39, 0.29) is 18.6 Å². The molecule has 1 aromatic heterocycles. The van der Waals surface area contributed by atoms with Crippen molar-refractivity contribution < 1.29 is 58.5 Å². The average Bonchev–Trinajstić information content (AvgIpc) is 3.82. The minimum Gasteiger partial charge on any atom is -0.394 e. The number of carbonyl (C=O) groups excluding carboxylic acids is 9. The second kappa shape index (κ2) is 21.1. The van der Waals surface area contributed by atoms with Crippen molar-refractivity contribution in [3.63, 3.8) is 0 Å². The van der Waals surface area contributed by atoms with Crippen LogP contribution >= 0.6 is 11.8 Å². The number of fused-ring (bicyclic) bond motifs is 5. The molecule has 9 amide bonds. The molecule has 11 atom stereocenters. The summed E-state index contributed by atoms with van der Waals surface area (Å²) in [7, 11) is 0. The Hall–Kier alpha value is -5.78. The number of amides is 9. The van der Waals surface area contributed by atoms with E-state index in [2.05, 4.69) is 42.2 Å². The first-order valence-corrected chi connectivity index (χ1v) is 21.7. The van der Waals surface area contributed by atoms with Crippen molar-refractivity contribution in [2.24, 2.45) is 17.6 Å². The van der Waals surface area contributed by atoms with Gasteiger partial charge in [-0.2, -0.15) is 0 Å². The van der Waals surface area contributed by atoms with Crippen LogP contribution in [-0.4, -0.2) is 158 Å². The fourth-order valence-electron chi connectivity index (χ4n) is 7.66. The molecule has 3 aliphatic rings. The highest BCUT2D eigenvalue weighted by Gasteiger charge is 2.45. The van der Waals surface area contributed by atoms with Gasteiger partial charge in [0.2, 0.25) is 53.2 Å². The van der Waals surface area contributed by atoms with E-state index in [1.54, 1.807) is 38.1 Å². The van der Waals surface area contributed by atoms with E-state index in [1.807, 2.05) is 0 Å². The molecule has 0 radical (unpaired) electrons. The lowest BCUT2D eigenvalue weighted by Gasteiger charge is -2.33. The summed E-state index contributed by atoms with van der Waals surface area (Å²) >= 11 is 1.03. The summed E-state index contributed by atoms with van der Waals surface area (Å²) in [5, 5.41) is 50.2. The minimum absolute atomic E-state index is 0.254. The zero-order valence-corrected chi connectivity index (χ0v) is 36.1. The Kier molecular flexibility index (Phi) is 16.1. The Labute approximate surface area is 366 Å². The molecule has 23 heteroatoms. The molecule has 0 saturated carbocycles. The van der Waals surface area contributed by atoms with Crippen LogP contribution in [0.25, 0.3) is 10.9 Å². The van der Waals surface area contributed by atoms with Crippen molar-refractivity contribution in [2.75, 3.05) is 25.4 Å². The summed E-state index contributed by atoms with van der Waals surface area (Å²) < 4.78 is 0. The number of carbonyl (C=O) groups is 9. The smallest absolute Gasteiger partial charge is 0.246 e. The number of nitrogens with two attached hydrogens (primary N) is 1. The lowest BCUT2D eigenvalue weighted by Crippen LogP contribution is -2.62. The highest BCUT2D eigenvalue weighted by molar-refractivity contribution is 7.99. The number of aliphatic hydroxyl groups is 3. The van der Waals surface area contributed by atoms with Crippen molar-refractivity contribution in [3.05, 3.63) is 29.8 Å². The summed E-state index contributed by atoms with van der Waals surface area (Å²) in [4.78, 5) is 129. The van der Waals surface area contributed by atoms with Gasteiger partial charge < -0.3 is 68.2 Å². The van der Waals surface area contributed by atoms with Crippen LogP contribution in [0.5, 0.6) is 0 Å². The van der Waals surface area contributed by atoms with Gasteiger partial charge in [-0.25, -0.2) is 0 Å². The highest BCUT2D eigenvalue weighted by Crippen LogP contribution is 2.32. The number of hydrogen-bond donors (Lipinski definition) is 12. The SMILES string of the molecule is CC[C@H](C)[C@@H]1NC(=O)CNC(=O)[C@@H]2Cc3c([nH]c4ccccc34)SC[C@H](NC(=O)[C@@H](C)NC1=O)C(=O)N[C@@H](CC(N)=O)C(=O)N1C[C@H](O)C[C@H]1C(=O)N[C@@H]([C@@H](C)[C@@H](O)CO)C(=O)N2. The normalized spacial score (nSPS) is 28.8. The predicted octanol–water partition coefficient (Wildman–Crippen LogP) is -4.25. The van der Waals surface area contributed by atoms with E-state index in [0.29, 0.717) is 27.9 Å². The summed E-state index contributed by atoms with van der Waals surface area (Å²) in [5.41, 5.74) is 6.55. The number of thioether (sulfide) groups is 1. The molecular formula is C40H56N10O12S. The first-order valence-electron chi connectivity index (χ1n) is 20.7. The highest BCUT2D eigenvalue weighted by atomic mass is 32.2. The maximum atomic E-state index is 14.4. The van der Waals surface area contributed by atoms with Crippen LogP contribution in [0.4, 0.5) is 0 Å². The number of primary amides is 1. The van der Waals surface area contributed by atoms with Gasteiger partial charge in [-0.05, 0) is 24.5 Å². The lowest BCUT2D eigenvalue weighted by atomic mass is 9.93. The number of rotatable bonds is 7. The van der Waals surface area contributed by atoms with Gasteiger partial charge in [0.05, 0.1) is 36.8 Å². The fourth-order valence-corrected chi connectivity index (χ4v) is 8.78. The summed E-state index contributed by atoms with van der Waals surface area (Å²) in [6.45, 7) is 4.23. The molecule has 22 nitrogen and oxygen atoms in total. The van der Waals surface area contributed by atoms with Crippen molar-refractivity contribution in [1.29, 1.82) is 0 Å². The molecule has 0 spiro atoms. The molecule has 0 unspecified atom stereocenters. The second-order valence-corrected chi connectivity index (χ2v) is 17.2. The molecule has 1 saturated heterocycles. The van der Waals surface area contributed by atoms with Crippen LogP contribution in [0.15, 0.2) is 29.3 Å². The molecule has 1 fully saturated rings. The number of aromatic nitrogens is 1. The van der Waals surface area contributed by atoms with Gasteiger partial charge in [0.1, 0.15) is 42.3 Å². The van der Waals surface area contributed by atoms with Crippen LogP contribution < -0.4 is 43.0 Å². The maximum Gasteiger partial charge on any atom is 0.246 e. The van der Waals surface area contributed by atoms with E-state index in [0.717, 1.165) is 16.7 Å². The zero-order valence-electron chi connectivity index (χ0n) is 35.3. The third-order valence-corrected chi connectivity index (χ3v) is 12.8. The quantitative estimate of drug-likeness (QED) is 0.126. The monoisotopic (exact) mass is 900 g/mol. The first-order chi connectivity index (χ1) is 29.8. The van der Waals surface area contributed by atoms with Crippen molar-refractivity contribution >= 4 is 75.8 Å². The Balaban J connectivity index is 1.70. The van der Waals surface area contributed by atoms with E-state index >= 15 is 0 Å². The van der Waals surface area contributed by atoms with Gasteiger partial charge in [0.15, 0.2) is 0 Å². The van der Waals surface area contributed by atoms with Gasteiger partial charge in [-0.3, -0.25) is 43.2 Å². The number of benzene rings is 1. The number of nitrogens with one attached hydrogen (secondary N) is 8. The third-order valence-electron chi connectivity index (χ3n) is 11.6. The third kappa shape index (κ3) is 11.6. The number of aromatic amines is 1. The van der Waals surface area contributed by atoms with Crippen LogP contribution in [0, 0.1) is 11.8 Å². The van der Waals surface area contributed by atoms with Gasteiger partial charge in [-0.1, -0.05) is 45.4 Å². The van der Waals surface area contributed by atoms with Gasteiger partial charge in [0, 0.05) is 42.0 Å². The number of para-hydroxylation sites is 1. The molecule has 2 aromatic rings. The van der Waals surface area contributed by atoms with Crippen LogP contribution in [-0.2, 0) is 49.6 Å². The predicted molar refractivity (Wildman–Crippen MR) is 225 cm³/mol. The number of aliphatic hydroxyl groups excluding tert-OH is 3. The molecule has 63 heavy (non-hydrogen) atoms. The zero-order chi connectivity index (χ0) is 46.3. The minimum atomic E-state index is -1.72. The van der Waals surface area contributed by atoms with Crippen LogP contribution in [0.1, 0.15) is 52.5 Å². The molecule has 0 aliphatic carbocycles. The van der Waals surface area contributed by atoms with Crippen molar-refractivity contribution in [3.8, 4) is 0 Å². The van der Waals surface area contributed by atoms with E-state index in [4.69, 9.17) is 5.73 Å². The van der Waals surface area contributed by atoms with E-state index in [1.165, 1.54) is 13.8 Å². The largest absolute Gasteiger partial charge is 0.394 e. The molecule has 3 aliphatic heterocycles. The molecule has 2 bridgehead atoms. The van der Waals surface area contributed by atoms with Gasteiger partial charge >= 0.3 is 0 Å². The van der Waals surface area contributed by atoms with Gasteiger partial charge in [0.25, 0.3) is 0 Å². The topological polar surface area (TPSA) is 344 Å². The first kappa shape index (κ1) is 48.3. The summed E-state index contributed by atoms with van der Waals surface area (Å²) in [5.74, 6) is -10.2.